The van der Waals surface area contributed by atoms with Crippen molar-refractivity contribution in [1.29, 1.82) is 0 Å². The molecule has 0 spiro atoms. The summed E-state index contributed by atoms with van der Waals surface area (Å²) in [5.41, 5.74) is 6.24. The van der Waals surface area contributed by atoms with E-state index in [1.807, 2.05) is 111 Å². The maximum Gasteiger partial charge on any atom is 0.170 e. The fourth-order valence-electron chi connectivity index (χ4n) is 13.7. The van der Waals surface area contributed by atoms with Gasteiger partial charge in [0, 0.05) is 100 Å². The summed E-state index contributed by atoms with van der Waals surface area (Å²) in [4.78, 5) is 20.4. The monoisotopic (exact) mass is 1430 g/mol. The molecule has 0 bridgehead atoms. The van der Waals surface area contributed by atoms with Crippen LogP contribution in [0, 0.1) is 23.5 Å². The molecular formula is C82H88F2N2O2S8. The highest BCUT2D eigenvalue weighted by molar-refractivity contribution is 7.33. The van der Waals surface area contributed by atoms with Crippen molar-refractivity contribution in [2.24, 2.45) is 11.8 Å². The largest absolute Gasteiger partial charge is 0.494 e. The van der Waals surface area contributed by atoms with E-state index in [4.69, 9.17) is 19.4 Å². The zero-order valence-electron chi connectivity index (χ0n) is 56.4. The van der Waals surface area contributed by atoms with Gasteiger partial charge in [0.05, 0.1) is 35.7 Å². The summed E-state index contributed by atoms with van der Waals surface area (Å²) in [6.45, 7) is 15.0. The third kappa shape index (κ3) is 15.2. The summed E-state index contributed by atoms with van der Waals surface area (Å²) in [7, 11) is 0. The first-order valence-corrected chi connectivity index (χ1v) is 42.2. The van der Waals surface area contributed by atoms with E-state index >= 15 is 8.78 Å². The van der Waals surface area contributed by atoms with Crippen LogP contribution in [0.25, 0.3) is 124 Å². The van der Waals surface area contributed by atoms with E-state index in [2.05, 4.69) is 95.5 Å². The Morgan fingerprint density at radius 1 is 0.385 bits per heavy atom. The van der Waals surface area contributed by atoms with Gasteiger partial charge in [-0.2, -0.15) is 0 Å². The average molecular weight is 1430 g/mol. The lowest BCUT2D eigenvalue weighted by atomic mass is 9.95. The number of nitrogens with zero attached hydrogens (tertiary/aromatic N) is 2. The number of fused-ring (bicyclic) bond motifs is 5. The normalized spacial score (nSPS) is 12.7. The third-order valence-electron chi connectivity index (χ3n) is 19.1. The van der Waals surface area contributed by atoms with Crippen LogP contribution in [-0.4, -0.2) is 23.2 Å². The Labute approximate surface area is 598 Å². The highest BCUT2D eigenvalue weighted by atomic mass is 32.1. The van der Waals surface area contributed by atoms with Crippen molar-refractivity contribution in [2.45, 2.75) is 183 Å². The number of ether oxygens (including phenoxy) is 2. The summed E-state index contributed by atoms with van der Waals surface area (Å²) in [5, 5.41) is 6.98. The Morgan fingerprint density at radius 2 is 0.865 bits per heavy atom. The van der Waals surface area contributed by atoms with Crippen LogP contribution in [0.15, 0.2) is 120 Å². The average Bonchev–Trinajstić information content (AvgIpc) is 1.51. The smallest absolute Gasteiger partial charge is 0.170 e. The van der Waals surface area contributed by atoms with Gasteiger partial charge in [-0.3, -0.25) is 0 Å². The molecule has 4 nitrogen and oxygen atoms in total. The Hall–Kier alpha value is -5.68. The minimum absolute atomic E-state index is 0.124. The standard InChI is InChI=1S/C82H88F2N2O2S8/c1-7-13-17-19-21-23-39-87-55-31-25-29-53(45-55)77-78(54-30-26-32-56(46-54)88-40-24-22-20-18-14-8-2)86-80-74(76(84)75(83)73(79(80)85-77)69-48-64-61(93-69)38-42-89-64)70-50-68-67(95-70)49-66(94-68)65-47-60-72(63-36-34-58(92-63)44-52(12-6)28-16-10-4)81-59(37-41-90-81)71(82(60)96-65)62-35-33-57(91-62)43-51(11-5)27-15-9-3/h25-26,29-38,41-42,45-52H,7-24,27-28,39-40,43-44H2,1-6H3. The van der Waals surface area contributed by atoms with E-state index in [9.17, 15) is 0 Å². The van der Waals surface area contributed by atoms with Gasteiger partial charge in [-0.25, -0.2) is 18.7 Å². The van der Waals surface area contributed by atoms with Gasteiger partial charge in [-0.1, -0.05) is 181 Å². The van der Waals surface area contributed by atoms with E-state index < -0.39 is 11.6 Å². The fourth-order valence-corrected chi connectivity index (χ4v) is 23.0. The van der Waals surface area contributed by atoms with Gasteiger partial charge in [0.1, 0.15) is 22.5 Å². The van der Waals surface area contributed by atoms with Crippen LogP contribution in [0.1, 0.15) is 180 Å². The molecule has 0 aliphatic heterocycles. The van der Waals surface area contributed by atoms with Crippen LogP contribution in [0.3, 0.4) is 0 Å². The molecule has 0 fully saturated rings. The van der Waals surface area contributed by atoms with Crippen LogP contribution in [0.4, 0.5) is 8.78 Å². The number of hydrogen-bond acceptors (Lipinski definition) is 12. The molecule has 2 unspecified atom stereocenters. The molecule has 500 valence electrons. The first-order chi connectivity index (χ1) is 47.1. The minimum Gasteiger partial charge on any atom is -0.494 e. The molecule has 9 heterocycles. The summed E-state index contributed by atoms with van der Waals surface area (Å²) < 4.78 is 55.7. The summed E-state index contributed by atoms with van der Waals surface area (Å²) in [5.74, 6) is 0.995. The van der Waals surface area contributed by atoms with Crippen molar-refractivity contribution >= 4 is 141 Å². The van der Waals surface area contributed by atoms with Gasteiger partial charge in [-0.05, 0) is 133 Å². The molecule has 96 heavy (non-hydrogen) atoms. The second kappa shape index (κ2) is 32.5. The molecule has 0 amide bonds. The molecule has 0 saturated heterocycles. The van der Waals surface area contributed by atoms with Gasteiger partial charge in [0.25, 0.3) is 0 Å². The van der Waals surface area contributed by atoms with Crippen molar-refractivity contribution in [3.8, 4) is 85.5 Å². The SMILES string of the molecule is CCCCCCCCOc1cccc(-c2nc3c(-c4cc5sccc5s4)c(F)c(F)c(-c4cc5sc(-c6cc7c(-c8ccc(CC(CC)CCCC)s8)c8sccc8c(-c8ccc(CC(CC)CCCC)s8)c7s6)cc5s4)c3nc2-c2cccc(OCCCCCCCC)c2)c1. The van der Waals surface area contributed by atoms with Gasteiger partial charge < -0.3 is 9.47 Å². The van der Waals surface area contributed by atoms with Crippen LogP contribution >= 0.6 is 90.7 Å². The van der Waals surface area contributed by atoms with Crippen molar-refractivity contribution in [2.75, 3.05) is 13.2 Å². The van der Waals surface area contributed by atoms with Crippen molar-refractivity contribution < 1.29 is 18.3 Å². The van der Waals surface area contributed by atoms with Crippen LogP contribution in [0.2, 0.25) is 0 Å². The molecule has 0 radical (unpaired) electrons. The number of rotatable bonds is 35. The lowest BCUT2D eigenvalue weighted by Crippen LogP contribution is -2.03. The van der Waals surface area contributed by atoms with Crippen molar-refractivity contribution in [1.82, 2.24) is 9.97 Å². The molecule has 0 saturated carbocycles. The zero-order chi connectivity index (χ0) is 66.1. The van der Waals surface area contributed by atoms with Gasteiger partial charge in [0.2, 0.25) is 0 Å². The van der Waals surface area contributed by atoms with Crippen molar-refractivity contribution in [3.05, 3.63) is 141 Å². The molecule has 0 N–H and O–H groups in total. The Kier molecular flexibility index (Phi) is 23.3. The summed E-state index contributed by atoms with van der Waals surface area (Å²) in [6.07, 6.45) is 26.2. The molecule has 0 aliphatic carbocycles. The Bertz CT molecular complexity index is 4570. The van der Waals surface area contributed by atoms with Crippen molar-refractivity contribution in [3.63, 3.8) is 0 Å². The topological polar surface area (TPSA) is 44.2 Å². The number of aromatic nitrogens is 2. The molecule has 13 rings (SSSR count). The lowest BCUT2D eigenvalue weighted by molar-refractivity contribution is 0.304. The number of hydrogen-bond donors (Lipinski definition) is 0. The summed E-state index contributed by atoms with van der Waals surface area (Å²) >= 11 is 14.0. The predicted octanol–water partition coefficient (Wildman–Crippen LogP) is 29.7. The van der Waals surface area contributed by atoms with Gasteiger partial charge in [0.15, 0.2) is 11.6 Å². The first kappa shape index (κ1) is 68.8. The summed E-state index contributed by atoms with van der Waals surface area (Å²) in [6, 6.07) is 38.9. The lowest BCUT2D eigenvalue weighted by Gasteiger charge is -2.17. The van der Waals surface area contributed by atoms with E-state index in [0.717, 1.165) is 80.0 Å². The highest BCUT2D eigenvalue weighted by Crippen LogP contribution is 2.55. The zero-order valence-corrected chi connectivity index (χ0v) is 62.9. The second-order valence-electron chi connectivity index (χ2n) is 26.0. The molecular weight excluding hydrogens is 1340 g/mol. The quantitative estimate of drug-likeness (QED) is 0.0371. The number of thiophene rings is 8. The van der Waals surface area contributed by atoms with E-state index in [1.54, 1.807) is 22.7 Å². The predicted molar refractivity (Wildman–Crippen MR) is 422 cm³/mol. The van der Waals surface area contributed by atoms with Crippen LogP contribution in [-0.2, 0) is 12.8 Å². The Morgan fingerprint density at radius 3 is 1.41 bits per heavy atom. The third-order valence-corrected chi connectivity index (χ3v) is 28.1. The van der Waals surface area contributed by atoms with Crippen LogP contribution in [0.5, 0.6) is 11.5 Å². The molecule has 0 aliphatic rings. The molecule has 13 aromatic rings. The van der Waals surface area contributed by atoms with E-state index in [-0.39, 0.29) is 11.1 Å². The highest BCUT2D eigenvalue weighted by Gasteiger charge is 2.31. The maximum absolute atomic E-state index is 18.1. The second-order valence-corrected chi connectivity index (χ2v) is 34.5. The van der Waals surface area contributed by atoms with Crippen LogP contribution < -0.4 is 9.47 Å². The molecule has 9 aromatic heterocycles. The molecule has 14 heteroatoms. The van der Waals surface area contributed by atoms with Gasteiger partial charge >= 0.3 is 0 Å². The minimum atomic E-state index is -0.923. The van der Waals surface area contributed by atoms with E-state index in [0.29, 0.717) is 57.2 Å². The number of halogens is 2. The Balaban J connectivity index is 0.930. The van der Waals surface area contributed by atoms with Gasteiger partial charge in [-0.15, -0.1) is 90.7 Å². The number of unbranched alkanes of at least 4 members (excludes halogenated alkanes) is 12. The fraction of sp³-hybridized carbons (Fsp3) is 0.390. The first-order valence-electron chi connectivity index (χ1n) is 35.5. The molecule has 2 atom stereocenters. The number of benzene rings is 4. The van der Waals surface area contributed by atoms with E-state index in [1.165, 1.54) is 186 Å². The maximum atomic E-state index is 18.1. The molecule has 4 aromatic carbocycles.